The molecule has 0 aliphatic carbocycles. The highest BCUT2D eigenvalue weighted by molar-refractivity contribution is 5.94. The van der Waals surface area contributed by atoms with E-state index in [0.29, 0.717) is 17.9 Å². The smallest absolute Gasteiger partial charge is 0.336 e. The molecule has 31 heavy (non-hydrogen) atoms. The molecule has 0 saturated carbocycles. The molecule has 164 valence electrons. The Bertz CT molecular complexity index is 1090. The zero-order valence-corrected chi connectivity index (χ0v) is 18.3. The molecule has 0 fully saturated rings. The van der Waals surface area contributed by atoms with Crippen LogP contribution in [0.2, 0.25) is 0 Å². The fourth-order valence-corrected chi connectivity index (χ4v) is 3.23. The quantitative estimate of drug-likeness (QED) is 0.419. The van der Waals surface area contributed by atoms with Crippen molar-refractivity contribution < 1.29 is 18.7 Å². The lowest BCUT2D eigenvalue weighted by Gasteiger charge is -2.16. The van der Waals surface area contributed by atoms with Crippen molar-refractivity contribution >= 4 is 16.9 Å². The van der Waals surface area contributed by atoms with Gasteiger partial charge in [0.1, 0.15) is 17.1 Å². The van der Waals surface area contributed by atoms with Crippen LogP contribution in [-0.2, 0) is 4.79 Å². The molecular weight excluding hydrogens is 396 g/mol. The molecule has 1 heterocycles. The van der Waals surface area contributed by atoms with E-state index < -0.39 is 11.7 Å². The highest BCUT2D eigenvalue weighted by Gasteiger charge is 2.15. The maximum absolute atomic E-state index is 12.3. The SMILES string of the molecule is COc1ccc(-c2cc(=O)oc3cc(OC(C)C(=O)NCCCN(C)C)ccc23)cc1. The topological polar surface area (TPSA) is 81.0 Å². The van der Waals surface area contributed by atoms with Crippen LogP contribution in [0.5, 0.6) is 11.5 Å². The molecule has 7 nitrogen and oxygen atoms in total. The van der Waals surface area contributed by atoms with E-state index in [4.69, 9.17) is 13.9 Å². The summed E-state index contributed by atoms with van der Waals surface area (Å²) in [4.78, 5) is 26.5. The van der Waals surface area contributed by atoms with E-state index in [1.165, 1.54) is 6.07 Å². The number of methoxy groups -OCH3 is 1. The summed E-state index contributed by atoms with van der Waals surface area (Å²) >= 11 is 0. The first-order valence-corrected chi connectivity index (χ1v) is 10.2. The first-order valence-electron chi connectivity index (χ1n) is 10.2. The van der Waals surface area contributed by atoms with Gasteiger partial charge < -0.3 is 24.1 Å². The molecule has 1 amide bonds. The van der Waals surface area contributed by atoms with Gasteiger partial charge in [0.15, 0.2) is 6.10 Å². The molecule has 1 N–H and O–H groups in total. The largest absolute Gasteiger partial charge is 0.497 e. The van der Waals surface area contributed by atoms with Crippen molar-refractivity contribution in [3.63, 3.8) is 0 Å². The fourth-order valence-electron chi connectivity index (χ4n) is 3.23. The monoisotopic (exact) mass is 424 g/mol. The van der Waals surface area contributed by atoms with Crippen molar-refractivity contribution in [2.45, 2.75) is 19.4 Å². The number of carbonyl (C=O) groups is 1. The number of hydrogen-bond donors (Lipinski definition) is 1. The van der Waals surface area contributed by atoms with Gasteiger partial charge in [-0.1, -0.05) is 12.1 Å². The first kappa shape index (κ1) is 22.4. The van der Waals surface area contributed by atoms with E-state index in [-0.39, 0.29) is 5.91 Å². The van der Waals surface area contributed by atoms with Crippen LogP contribution in [0.1, 0.15) is 13.3 Å². The number of hydrogen-bond acceptors (Lipinski definition) is 6. The van der Waals surface area contributed by atoms with Crippen LogP contribution in [0, 0.1) is 0 Å². The fraction of sp³-hybridized carbons (Fsp3) is 0.333. The Labute approximate surface area is 181 Å². The number of ether oxygens (including phenoxy) is 2. The molecule has 0 saturated heterocycles. The summed E-state index contributed by atoms with van der Waals surface area (Å²) in [5, 5.41) is 3.65. The number of carbonyl (C=O) groups excluding carboxylic acids is 1. The number of benzene rings is 2. The van der Waals surface area contributed by atoms with Crippen molar-refractivity contribution in [1.29, 1.82) is 0 Å². The Morgan fingerprint density at radius 3 is 2.48 bits per heavy atom. The van der Waals surface area contributed by atoms with Gasteiger partial charge in [0.25, 0.3) is 5.91 Å². The molecule has 0 aliphatic heterocycles. The molecule has 0 bridgehead atoms. The average Bonchev–Trinajstić information content (AvgIpc) is 2.75. The predicted molar refractivity (Wildman–Crippen MR) is 121 cm³/mol. The maximum Gasteiger partial charge on any atom is 0.336 e. The summed E-state index contributed by atoms with van der Waals surface area (Å²) in [5.41, 5.74) is 1.57. The maximum atomic E-state index is 12.3. The van der Waals surface area contributed by atoms with Crippen molar-refractivity contribution in [2.75, 3.05) is 34.3 Å². The molecule has 1 unspecified atom stereocenters. The number of nitrogens with zero attached hydrogens (tertiary/aromatic N) is 1. The zero-order valence-electron chi connectivity index (χ0n) is 18.3. The van der Waals surface area contributed by atoms with Crippen LogP contribution >= 0.6 is 0 Å². The summed E-state index contributed by atoms with van der Waals surface area (Å²) in [6, 6.07) is 14.2. The zero-order chi connectivity index (χ0) is 22.4. The summed E-state index contributed by atoms with van der Waals surface area (Å²) in [6.07, 6.45) is 0.189. The minimum atomic E-state index is -0.673. The van der Waals surface area contributed by atoms with E-state index in [0.717, 1.165) is 35.2 Å². The van der Waals surface area contributed by atoms with Crippen molar-refractivity contribution in [3.05, 3.63) is 59.0 Å². The summed E-state index contributed by atoms with van der Waals surface area (Å²) < 4.78 is 16.4. The van der Waals surface area contributed by atoms with Crippen molar-refractivity contribution in [1.82, 2.24) is 10.2 Å². The predicted octanol–water partition coefficient (Wildman–Crippen LogP) is 3.30. The number of nitrogens with one attached hydrogen (secondary N) is 1. The van der Waals surface area contributed by atoms with Gasteiger partial charge in [0, 0.05) is 24.1 Å². The highest BCUT2D eigenvalue weighted by Crippen LogP contribution is 2.31. The molecule has 1 aromatic heterocycles. The van der Waals surface area contributed by atoms with Crippen molar-refractivity contribution in [2.24, 2.45) is 0 Å². The second-order valence-electron chi connectivity index (χ2n) is 7.57. The molecular formula is C24H28N2O5. The standard InChI is InChI=1S/C24H28N2O5/c1-16(24(28)25-12-5-13-26(2)3)30-19-10-11-20-21(15-23(27)31-22(20)14-19)17-6-8-18(29-4)9-7-17/h6-11,14-16H,5,12-13H2,1-4H3,(H,25,28). The lowest BCUT2D eigenvalue weighted by Crippen LogP contribution is -2.37. The van der Waals surface area contributed by atoms with Crippen LogP contribution < -0.4 is 20.4 Å². The lowest BCUT2D eigenvalue weighted by molar-refractivity contribution is -0.127. The van der Waals surface area contributed by atoms with E-state index in [1.807, 2.05) is 44.4 Å². The Morgan fingerprint density at radius 1 is 1.10 bits per heavy atom. The second kappa shape index (κ2) is 10.1. The molecule has 0 aliphatic rings. The van der Waals surface area contributed by atoms with Crippen LogP contribution in [0.3, 0.4) is 0 Å². The van der Waals surface area contributed by atoms with E-state index in [2.05, 4.69) is 10.2 Å². The van der Waals surface area contributed by atoms with Crippen LogP contribution in [0.15, 0.2) is 57.7 Å². The Balaban J connectivity index is 1.76. The van der Waals surface area contributed by atoms with Gasteiger partial charge in [0.05, 0.1) is 7.11 Å². The van der Waals surface area contributed by atoms with Crippen LogP contribution in [0.4, 0.5) is 0 Å². The summed E-state index contributed by atoms with van der Waals surface area (Å²) in [7, 11) is 5.59. The van der Waals surface area contributed by atoms with E-state index in [1.54, 1.807) is 26.2 Å². The third-order valence-electron chi connectivity index (χ3n) is 4.88. The summed E-state index contributed by atoms with van der Waals surface area (Å²) in [5.74, 6) is 1.01. The highest BCUT2D eigenvalue weighted by atomic mass is 16.5. The molecule has 3 aromatic rings. The Hall–Kier alpha value is -3.32. The first-order chi connectivity index (χ1) is 14.9. The normalized spacial score (nSPS) is 12.0. The third-order valence-corrected chi connectivity index (χ3v) is 4.88. The van der Waals surface area contributed by atoms with Gasteiger partial charge in [-0.2, -0.15) is 0 Å². The van der Waals surface area contributed by atoms with E-state index in [9.17, 15) is 9.59 Å². The molecule has 0 spiro atoms. The Kier molecular flexibility index (Phi) is 7.31. The van der Waals surface area contributed by atoms with Crippen LogP contribution in [-0.4, -0.2) is 51.2 Å². The van der Waals surface area contributed by atoms with Gasteiger partial charge >= 0.3 is 5.63 Å². The summed E-state index contributed by atoms with van der Waals surface area (Å²) in [6.45, 7) is 3.17. The molecule has 3 rings (SSSR count). The number of fused-ring (bicyclic) bond motifs is 1. The van der Waals surface area contributed by atoms with Gasteiger partial charge in [-0.3, -0.25) is 4.79 Å². The average molecular weight is 424 g/mol. The minimum Gasteiger partial charge on any atom is -0.497 e. The van der Waals surface area contributed by atoms with Crippen LogP contribution in [0.25, 0.3) is 22.1 Å². The second-order valence-corrected chi connectivity index (χ2v) is 7.57. The van der Waals surface area contributed by atoms with Gasteiger partial charge in [-0.25, -0.2) is 4.79 Å². The minimum absolute atomic E-state index is 0.188. The number of rotatable bonds is 9. The van der Waals surface area contributed by atoms with Gasteiger partial charge in [-0.05, 0) is 69.4 Å². The molecule has 7 heteroatoms. The molecule has 2 aromatic carbocycles. The van der Waals surface area contributed by atoms with Gasteiger partial charge in [-0.15, -0.1) is 0 Å². The lowest BCUT2D eigenvalue weighted by atomic mass is 10.0. The molecule has 0 radical (unpaired) electrons. The van der Waals surface area contributed by atoms with Gasteiger partial charge in [0.2, 0.25) is 0 Å². The third kappa shape index (κ3) is 5.86. The molecule has 1 atom stereocenters. The number of amides is 1. The Morgan fingerprint density at radius 2 is 1.81 bits per heavy atom. The van der Waals surface area contributed by atoms with E-state index >= 15 is 0 Å². The van der Waals surface area contributed by atoms with Crippen molar-refractivity contribution in [3.8, 4) is 22.6 Å².